The van der Waals surface area contributed by atoms with Gasteiger partial charge in [-0.05, 0) is 39.4 Å². The maximum absolute atomic E-state index is 13.8. The smallest absolute Gasteiger partial charge is 0.129 e. The Hall–Kier alpha value is -0.450. The van der Waals surface area contributed by atoms with Gasteiger partial charge in [0.05, 0.1) is 0 Å². The van der Waals surface area contributed by atoms with Gasteiger partial charge < -0.3 is 10.2 Å². The molecule has 0 heterocycles. The predicted octanol–water partition coefficient (Wildman–Crippen LogP) is 3.97. The lowest BCUT2D eigenvalue weighted by Crippen LogP contribution is -2.35. The van der Waals surface area contributed by atoms with Gasteiger partial charge in [-0.3, -0.25) is 0 Å². The van der Waals surface area contributed by atoms with Crippen molar-refractivity contribution in [1.29, 1.82) is 0 Å². The van der Waals surface area contributed by atoms with Crippen molar-refractivity contribution in [2.45, 2.75) is 39.3 Å². The molecule has 0 bridgehead atoms. The molecule has 1 rings (SSSR count). The topological polar surface area (TPSA) is 15.3 Å². The molecule has 108 valence electrons. The minimum atomic E-state index is -0.162. The van der Waals surface area contributed by atoms with E-state index in [2.05, 4.69) is 47.0 Å². The second-order valence-corrected chi connectivity index (χ2v) is 6.00. The van der Waals surface area contributed by atoms with Crippen LogP contribution in [0.5, 0.6) is 0 Å². The summed E-state index contributed by atoms with van der Waals surface area (Å²) in [4.78, 5) is 2.32. The average molecular weight is 331 g/mol. The Balaban J connectivity index is 2.45. The molecule has 2 unspecified atom stereocenters. The van der Waals surface area contributed by atoms with Gasteiger partial charge >= 0.3 is 0 Å². The van der Waals surface area contributed by atoms with Crippen LogP contribution in [0.25, 0.3) is 0 Å². The molecule has 0 aliphatic carbocycles. The lowest BCUT2D eigenvalue weighted by molar-refractivity contribution is 0.249. The molecule has 4 heteroatoms. The minimum absolute atomic E-state index is 0.0263. The van der Waals surface area contributed by atoms with Crippen molar-refractivity contribution >= 4 is 15.9 Å². The largest absolute Gasteiger partial charge is 0.309 e. The highest BCUT2D eigenvalue weighted by molar-refractivity contribution is 9.10. The van der Waals surface area contributed by atoms with Crippen molar-refractivity contribution in [2.75, 3.05) is 20.1 Å². The molecule has 0 saturated heterocycles. The molecule has 0 spiro atoms. The van der Waals surface area contributed by atoms with Crippen molar-refractivity contribution in [3.8, 4) is 0 Å². The van der Waals surface area contributed by atoms with E-state index in [9.17, 15) is 4.39 Å². The standard InChI is InChI=1S/C15H24BrFN2/c1-5-11(2)19(4)9-8-18-12(3)14-7-6-13(16)10-15(14)17/h6-7,10-12,18H,5,8-9H2,1-4H3. The van der Waals surface area contributed by atoms with Crippen LogP contribution in [0.1, 0.15) is 38.8 Å². The van der Waals surface area contributed by atoms with E-state index >= 15 is 0 Å². The molecule has 1 aromatic rings. The number of hydrogen-bond acceptors (Lipinski definition) is 2. The zero-order valence-electron chi connectivity index (χ0n) is 12.2. The van der Waals surface area contributed by atoms with Crippen LogP contribution in [0.4, 0.5) is 4.39 Å². The highest BCUT2D eigenvalue weighted by Gasteiger charge is 2.11. The predicted molar refractivity (Wildman–Crippen MR) is 82.9 cm³/mol. The van der Waals surface area contributed by atoms with Crippen LogP contribution in [-0.2, 0) is 0 Å². The Morgan fingerprint density at radius 3 is 2.63 bits per heavy atom. The van der Waals surface area contributed by atoms with E-state index in [-0.39, 0.29) is 11.9 Å². The summed E-state index contributed by atoms with van der Waals surface area (Å²) in [5.41, 5.74) is 0.717. The Morgan fingerprint density at radius 1 is 1.37 bits per heavy atom. The van der Waals surface area contributed by atoms with E-state index in [0.29, 0.717) is 6.04 Å². The summed E-state index contributed by atoms with van der Waals surface area (Å²) in [6.45, 7) is 8.23. The van der Waals surface area contributed by atoms with Crippen LogP contribution >= 0.6 is 15.9 Å². The fourth-order valence-corrected chi connectivity index (χ4v) is 2.29. The third-order valence-electron chi connectivity index (χ3n) is 3.69. The van der Waals surface area contributed by atoms with Crippen LogP contribution in [0.15, 0.2) is 22.7 Å². The van der Waals surface area contributed by atoms with Crippen LogP contribution < -0.4 is 5.32 Å². The Labute approximate surface area is 124 Å². The summed E-state index contributed by atoms with van der Waals surface area (Å²) >= 11 is 3.27. The second-order valence-electron chi connectivity index (χ2n) is 5.08. The monoisotopic (exact) mass is 330 g/mol. The number of benzene rings is 1. The number of rotatable bonds is 7. The Morgan fingerprint density at radius 2 is 2.05 bits per heavy atom. The van der Waals surface area contributed by atoms with Gasteiger partial charge in [0.15, 0.2) is 0 Å². The van der Waals surface area contributed by atoms with E-state index in [4.69, 9.17) is 0 Å². The zero-order valence-corrected chi connectivity index (χ0v) is 13.8. The molecule has 1 aromatic carbocycles. The maximum Gasteiger partial charge on any atom is 0.129 e. The average Bonchev–Trinajstić information content (AvgIpc) is 2.37. The number of halogens is 2. The third kappa shape index (κ3) is 5.21. The van der Waals surface area contributed by atoms with Crippen LogP contribution in [0.2, 0.25) is 0 Å². The van der Waals surface area contributed by atoms with Crippen molar-refractivity contribution in [1.82, 2.24) is 10.2 Å². The lowest BCUT2D eigenvalue weighted by atomic mass is 10.1. The van der Waals surface area contributed by atoms with Gasteiger partial charge in [0.2, 0.25) is 0 Å². The molecule has 0 fully saturated rings. The van der Waals surface area contributed by atoms with Gasteiger partial charge in [-0.25, -0.2) is 4.39 Å². The molecular weight excluding hydrogens is 307 g/mol. The van der Waals surface area contributed by atoms with Crippen molar-refractivity contribution < 1.29 is 4.39 Å². The highest BCUT2D eigenvalue weighted by Crippen LogP contribution is 2.20. The second kappa shape index (κ2) is 7.98. The number of nitrogens with one attached hydrogen (secondary N) is 1. The summed E-state index contributed by atoms with van der Waals surface area (Å²) in [5.74, 6) is -0.162. The molecule has 2 atom stereocenters. The Bertz CT molecular complexity index is 398. The molecule has 0 amide bonds. The first-order chi connectivity index (χ1) is 8.95. The Kier molecular flexibility index (Phi) is 6.97. The molecule has 0 saturated carbocycles. The van der Waals surface area contributed by atoms with Gasteiger partial charge in [0.1, 0.15) is 5.82 Å². The van der Waals surface area contributed by atoms with Crippen LogP contribution in [0, 0.1) is 5.82 Å². The van der Waals surface area contributed by atoms with E-state index in [0.717, 1.165) is 29.5 Å². The van der Waals surface area contributed by atoms with Gasteiger partial charge in [-0.15, -0.1) is 0 Å². The maximum atomic E-state index is 13.8. The first kappa shape index (κ1) is 16.6. The van der Waals surface area contributed by atoms with Crippen LogP contribution in [-0.4, -0.2) is 31.1 Å². The van der Waals surface area contributed by atoms with Crippen molar-refractivity contribution in [3.05, 3.63) is 34.1 Å². The lowest BCUT2D eigenvalue weighted by Gasteiger charge is -2.24. The fourth-order valence-electron chi connectivity index (χ4n) is 1.95. The van der Waals surface area contributed by atoms with Gasteiger partial charge in [-0.2, -0.15) is 0 Å². The minimum Gasteiger partial charge on any atom is -0.309 e. The summed E-state index contributed by atoms with van der Waals surface area (Å²) in [7, 11) is 2.13. The highest BCUT2D eigenvalue weighted by atomic mass is 79.9. The normalized spacial score (nSPS) is 14.7. The number of hydrogen-bond donors (Lipinski definition) is 1. The summed E-state index contributed by atoms with van der Waals surface area (Å²) in [6.07, 6.45) is 1.15. The summed E-state index contributed by atoms with van der Waals surface area (Å²) in [5, 5.41) is 3.37. The molecule has 0 radical (unpaired) electrons. The van der Waals surface area contributed by atoms with E-state index in [1.165, 1.54) is 6.07 Å². The number of likely N-dealkylation sites (N-methyl/N-ethyl adjacent to an activating group) is 1. The van der Waals surface area contributed by atoms with Crippen LogP contribution in [0.3, 0.4) is 0 Å². The van der Waals surface area contributed by atoms with Gasteiger partial charge in [-0.1, -0.05) is 28.9 Å². The van der Waals surface area contributed by atoms with E-state index < -0.39 is 0 Å². The summed E-state index contributed by atoms with van der Waals surface area (Å²) < 4.78 is 14.6. The van der Waals surface area contributed by atoms with Gasteiger partial charge in [0, 0.05) is 35.2 Å². The SMILES string of the molecule is CCC(C)N(C)CCNC(C)c1ccc(Br)cc1F. The molecule has 1 N–H and O–H groups in total. The molecule has 0 aliphatic heterocycles. The fraction of sp³-hybridized carbons (Fsp3) is 0.600. The molecule has 0 aliphatic rings. The first-order valence-electron chi connectivity index (χ1n) is 6.84. The summed E-state index contributed by atoms with van der Waals surface area (Å²) in [6, 6.07) is 5.83. The van der Waals surface area contributed by atoms with E-state index in [1.54, 1.807) is 0 Å². The molecule has 0 aromatic heterocycles. The van der Waals surface area contributed by atoms with Crippen molar-refractivity contribution in [3.63, 3.8) is 0 Å². The molecule has 2 nitrogen and oxygen atoms in total. The quantitative estimate of drug-likeness (QED) is 0.813. The van der Waals surface area contributed by atoms with Crippen molar-refractivity contribution in [2.24, 2.45) is 0 Å². The first-order valence-corrected chi connectivity index (χ1v) is 7.63. The zero-order chi connectivity index (χ0) is 14.4. The van der Waals surface area contributed by atoms with E-state index in [1.807, 2.05) is 19.1 Å². The third-order valence-corrected chi connectivity index (χ3v) is 4.18. The number of nitrogens with zero attached hydrogens (tertiary/aromatic N) is 1. The molecule has 19 heavy (non-hydrogen) atoms. The van der Waals surface area contributed by atoms with Gasteiger partial charge in [0.25, 0.3) is 0 Å². The molecular formula is C15H24BrFN2.